The lowest BCUT2D eigenvalue weighted by atomic mass is 10.0. The van der Waals surface area contributed by atoms with E-state index in [9.17, 15) is 8.42 Å². The summed E-state index contributed by atoms with van der Waals surface area (Å²) >= 11 is 0. The molecule has 2 aliphatic heterocycles. The van der Waals surface area contributed by atoms with E-state index in [1.54, 1.807) is 0 Å². The number of anilines is 1. The van der Waals surface area contributed by atoms with Crippen LogP contribution in [0, 0.1) is 5.92 Å². The predicted molar refractivity (Wildman–Crippen MR) is 116 cm³/mol. The molecule has 6 heteroatoms. The maximum atomic E-state index is 11.7. The van der Waals surface area contributed by atoms with E-state index in [0.29, 0.717) is 12.3 Å². The van der Waals surface area contributed by atoms with Crippen molar-refractivity contribution >= 4 is 21.5 Å². The van der Waals surface area contributed by atoms with E-state index in [0.717, 1.165) is 31.9 Å². The molecule has 148 valence electrons. The summed E-state index contributed by atoms with van der Waals surface area (Å²) in [5, 5.41) is 3.38. The van der Waals surface area contributed by atoms with Gasteiger partial charge in [0.1, 0.15) is 0 Å². The van der Waals surface area contributed by atoms with Crippen LogP contribution >= 0.6 is 0 Å². The minimum absolute atomic E-state index is 0.140. The summed E-state index contributed by atoms with van der Waals surface area (Å²) < 4.78 is 23.4. The number of nitrogens with zero attached hydrogens (tertiary/aromatic N) is 2. The number of benzene rings is 2. The van der Waals surface area contributed by atoms with Gasteiger partial charge in [0.15, 0.2) is 15.8 Å². The average Bonchev–Trinajstić information content (AvgIpc) is 3.28. The molecule has 28 heavy (non-hydrogen) atoms. The molecule has 2 aliphatic rings. The second-order valence-electron chi connectivity index (χ2n) is 7.57. The third kappa shape index (κ3) is 4.07. The smallest absolute Gasteiger partial charge is 0.198 e. The van der Waals surface area contributed by atoms with Gasteiger partial charge >= 0.3 is 0 Å². The molecule has 0 bridgehead atoms. The van der Waals surface area contributed by atoms with Crippen LogP contribution < -0.4 is 10.2 Å². The van der Waals surface area contributed by atoms with E-state index in [1.807, 2.05) is 6.07 Å². The number of rotatable bonds is 4. The van der Waals surface area contributed by atoms with Crippen molar-refractivity contribution in [3.63, 3.8) is 0 Å². The van der Waals surface area contributed by atoms with Crippen molar-refractivity contribution < 1.29 is 8.42 Å². The number of sulfone groups is 1. The van der Waals surface area contributed by atoms with Crippen LogP contribution in [0.15, 0.2) is 53.5 Å². The molecule has 0 aromatic heterocycles. The molecule has 2 aromatic carbocycles. The highest BCUT2D eigenvalue weighted by molar-refractivity contribution is 7.91. The largest absolute Gasteiger partial charge is 0.356 e. The van der Waals surface area contributed by atoms with Gasteiger partial charge in [-0.05, 0) is 54.5 Å². The van der Waals surface area contributed by atoms with Gasteiger partial charge in [0.05, 0.1) is 11.5 Å². The average molecular weight is 398 g/mol. The lowest BCUT2D eigenvalue weighted by Gasteiger charge is -2.23. The summed E-state index contributed by atoms with van der Waals surface area (Å²) in [5.74, 6) is 1.57. The topological polar surface area (TPSA) is 61.8 Å². The van der Waals surface area contributed by atoms with Crippen LogP contribution in [0.25, 0.3) is 11.1 Å². The molecule has 1 unspecified atom stereocenters. The molecule has 1 fully saturated rings. The third-order valence-electron chi connectivity index (χ3n) is 5.50. The lowest BCUT2D eigenvalue weighted by molar-refractivity contribution is 0.590. The molecule has 1 N–H and O–H groups in total. The van der Waals surface area contributed by atoms with Crippen LogP contribution in [0.3, 0.4) is 0 Å². The van der Waals surface area contributed by atoms with Crippen molar-refractivity contribution in [2.45, 2.75) is 19.8 Å². The Balaban J connectivity index is 1.54. The molecule has 1 atom stereocenters. The number of fused-ring (bicyclic) bond motifs is 1. The predicted octanol–water partition coefficient (Wildman–Crippen LogP) is 3.12. The van der Waals surface area contributed by atoms with Gasteiger partial charge in [-0.3, -0.25) is 4.99 Å². The number of guanidine groups is 1. The first-order valence-corrected chi connectivity index (χ1v) is 11.8. The Morgan fingerprint density at radius 3 is 2.71 bits per heavy atom. The molecule has 0 radical (unpaired) electrons. The van der Waals surface area contributed by atoms with Crippen molar-refractivity contribution in [2.75, 3.05) is 36.0 Å². The second kappa shape index (κ2) is 7.95. The molecule has 2 heterocycles. The third-order valence-corrected chi connectivity index (χ3v) is 7.34. The fraction of sp³-hybridized carbons (Fsp3) is 0.409. The summed E-state index contributed by atoms with van der Waals surface area (Å²) in [5.41, 5.74) is 4.99. The van der Waals surface area contributed by atoms with Gasteiger partial charge in [0, 0.05) is 25.3 Å². The van der Waals surface area contributed by atoms with E-state index < -0.39 is 9.84 Å². The maximum Gasteiger partial charge on any atom is 0.198 e. The van der Waals surface area contributed by atoms with E-state index in [4.69, 9.17) is 4.99 Å². The zero-order chi connectivity index (χ0) is 19.6. The fourth-order valence-corrected chi connectivity index (χ4v) is 5.91. The van der Waals surface area contributed by atoms with E-state index in [1.165, 1.54) is 22.4 Å². The molecule has 0 aliphatic carbocycles. The second-order valence-corrected chi connectivity index (χ2v) is 9.80. The highest BCUT2D eigenvalue weighted by Gasteiger charge is 2.28. The summed E-state index contributed by atoms with van der Waals surface area (Å²) in [6, 6.07) is 17.1. The molecular weight excluding hydrogens is 370 g/mol. The molecule has 2 aromatic rings. The summed E-state index contributed by atoms with van der Waals surface area (Å²) in [6.45, 7) is 4.30. The molecule has 5 nitrogen and oxygen atoms in total. The van der Waals surface area contributed by atoms with Crippen LogP contribution in [0.2, 0.25) is 0 Å². The molecule has 4 rings (SSSR count). The summed E-state index contributed by atoms with van der Waals surface area (Å²) in [4.78, 5) is 7.02. The Morgan fingerprint density at radius 1 is 1.18 bits per heavy atom. The van der Waals surface area contributed by atoms with Gasteiger partial charge in [0.25, 0.3) is 0 Å². The first-order chi connectivity index (χ1) is 13.6. The molecule has 1 saturated heterocycles. The zero-order valence-electron chi connectivity index (χ0n) is 16.3. The van der Waals surface area contributed by atoms with E-state index in [-0.39, 0.29) is 11.7 Å². The van der Waals surface area contributed by atoms with Crippen molar-refractivity contribution in [1.29, 1.82) is 0 Å². The van der Waals surface area contributed by atoms with Gasteiger partial charge in [-0.2, -0.15) is 0 Å². The first-order valence-electron chi connectivity index (χ1n) is 10.0. The summed E-state index contributed by atoms with van der Waals surface area (Å²) in [7, 11) is -2.86. The molecule has 0 spiro atoms. The van der Waals surface area contributed by atoms with Gasteiger partial charge in [-0.25, -0.2) is 8.42 Å². The van der Waals surface area contributed by atoms with Crippen molar-refractivity contribution in [3.8, 4) is 11.1 Å². The fourth-order valence-electron chi connectivity index (χ4n) is 4.06. The van der Waals surface area contributed by atoms with Crippen molar-refractivity contribution in [3.05, 3.63) is 54.1 Å². The van der Waals surface area contributed by atoms with Crippen LogP contribution in [-0.4, -0.2) is 45.5 Å². The first kappa shape index (κ1) is 19.0. The van der Waals surface area contributed by atoms with Crippen molar-refractivity contribution in [2.24, 2.45) is 10.9 Å². The van der Waals surface area contributed by atoms with Gasteiger partial charge in [-0.15, -0.1) is 0 Å². The highest BCUT2D eigenvalue weighted by atomic mass is 32.2. The Morgan fingerprint density at radius 2 is 2.00 bits per heavy atom. The minimum atomic E-state index is -2.86. The highest BCUT2D eigenvalue weighted by Crippen LogP contribution is 2.32. The lowest BCUT2D eigenvalue weighted by Crippen LogP contribution is -2.41. The van der Waals surface area contributed by atoms with Crippen molar-refractivity contribution in [1.82, 2.24) is 5.32 Å². The van der Waals surface area contributed by atoms with Gasteiger partial charge < -0.3 is 10.2 Å². The number of nitrogens with one attached hydrogen (secondary N) is 1. The molecule has 0 saturated carbocycles. The Kier molecular flexibility index (Phi) is 5.40. The quantitative estimate of drug-likeness (QED) is 0.636. The van der Waals surface area contributed by atoms with Crippen LogP contribution in [0.5, 0.6) is 0 Å². The van der Waals surface area contributed by atoms with E-state index >= 15 is 0 Å². The Bertz CT molecular complexity index is 971. The zero-order valence-corrected chi connectivity index (χ0v) is 17.1. The van der Waals surface area contributed by atoms with Crippen LogP contribution in [-0.2, 0) is 16.3 Å². The molecular formula is C22H27N3O2S. The monoisotopic (exact) mass is 397 g/mol. The maximum absolute atomic E-state index is 11.7. The SMILES string of the molecule is CCNC(=NCC1CCS(=O)(=O)C1)N1CCc2cc(-c3ccccc3)ccc21. The standard InChI is InChI=1S/C22H27N3O2S/c1-2-23-22(24-15-17-11-13-28(26,27)16-17)25-12-10-20-14-19(8-9-21(20)25)18-6-4-3-5-7-18/h3-9,14,17H,2,10-13,15-16H2,1H3,(H,23,24). The Labute approximate surface area is 167 Å². The van der Waals surface area contributed by atoms with Gasteiger partial charge in [0.2, 0.25) is 0 Å². The summed E-state index contributed by atoms with van der Waals surface area (Å²) in [6.07, 6.45) is 1.71. The van der Waals surface area contributed by atoms with E-state index in [2.05, 4.69) is 59.6 Å². The van der Waals surface area contributed by atoms with Crippen LogP contribution in [0.4, 0.5) is 5.69 Å². The minimum Gasteiger partial charge on any atom is -0.356 e. The van der Waals surface area contributed by atoms with Crippen LogP contribution in [0.1, 0.15) is 18.9 Å². The Hall–Kier alpha value is -2.34. The van der Waals surface area contributed by atoms with Gasteiger partial charge in [-0.1, -0.05) is 36.4 Å². The molecule has 0 amide bonds. The number of hydrogen-bond acceptors (Lipinski definition) is 3. The normalized spacial score (nSPS) is 21.0. The number of hydrogen-bond donors (Lipinski definition) is 1. The number of aliphatic imine (C=N–C) groups is 1.